The summed E-state index contributed by atoms with van der Waals surface area (Å²) < 4.78 is 5.57. The van der Waals surface area contributed by atoms with Gasteiger partial charge >= 0.3 is 0 Å². The topological polar surface area (TPSA) is 80.3 Å². The van der Waals surface area contributed by atoms with Crippen LogP contribution in [-0.2, 0) is 0 Å². The van der Waals surface area contributed by atoms with Crippen LogP contribution in [0.15, 0.2) is 42.5 Å². The number of aromatic nitrogens is 1. The van der Waals surface area contributed by atoms with Gasteiger partial charge < -0.3 is 15.4 Å². The lowest BCUT2D eigenvalue weighted by Crippen LogP contribution is -2.27. The number of pyridine rings is 1. The summed E-state index contributed by atoms with van der Waals surface area (Å²) in [6.45, 7) is 3.90. The van der Waals surface area contributed by atoms with Gasteiger partial charge in [-0.05, 0) is 63.1 Å². The number of hydrogen-bond acceptors (Lipinski definition) is 4. The molecule has 0 radical (unpaired) electrons. The molecule has 0 spiro atoms. The second-order valence-electron chi connectivity index (χ2n) is 6.30. The van der Waals surface area contributed by atoms with Crippen LogP contribution in [0.25, 0.3) is 0 Å². The van der Waals surface area contributed by atoms with Crippen molar-refractivity contribution in [3.8, 4) is 5.75 Å². The first-order valence-corrected chi connectivity index (χ1v) is 8.37. The molecule has 1 aromatic heterocycles. The van der Waals surface area contributed by atoms with Crippen LogP contribution in [0.2, 0.25) is 0 Å². The first-order valence-electron chi connectivity index (χ1n) is 8.37. The van der Waals surface area contributed by atoms with Gasteiger partial charge in [-0.25, -0.2) is 4.98 Å². The van der Waals surface area contributed by atoms with Crippen LogP contribution in [0.3, 0.4) is 0 Å². The van der Waals surface area contributed by atoms with Crippen LogP contribution >= 0.6 is 0 Å². The Morgan fingerprint density at radius 2 is 1.68 bits per heavy atom. The number of carbonyl (C=O) groups is 2. The molecule has 0 unspecified atom stereocenters. The fourth-order valence-corrected chi connectivity index (χ4v) is 2.26. The third-order valence-corrected chi connectivity index (χ3v) is 3.61. The summed E-state index contributed by atoms with van der Waals surface area (Å²) in [7, 11) is 0. The molecule has 0 bridgehead atoms. The minimum atomic E-state index is -0.362. The zero-order chi connectivity index (χ0) is 17.8. The van der Waals surface area contributed by atoms with E-state index in [1.165, 1.54) is 0 Å². The molecule has 0 aliphatic heterocycles. The number of amides is 2. The molecule has 6 heteroatoms. The normalized spacial score (nSPS) is 13.4. The molecular formula is C19H21N3O3. The van der Waals surface area contributed by atoms with E-state index in [4.69, 9.17) is 4.74 Å². The van der Waals surface area contributed by atoms with E-state index in [1.54, 1.807) is 42.5 Å². The highest BCUT2D eigenvalue weighted by Crippen LogP contribution is 2.19. The summed E-state index contributed by atoms with van der Waals surface area (Å²) in [5.41, 5.74) is 1.09. The predicted molar refractivity (Wildman–Crippen MR) is 94.9 cm³/mol. The van der Waals surface area contributed by atoms with E-state index >= 15 is 0 Å². The second-order valence-corrected chi connectivity index (χ2v) is 6.30. The third kappa shape index (κ3) is 4.79. The van der Waals surface area contributed by atoms with Gasteiger partial charge in [0.2, 0.25) is 0 Å². The van der Waals surface area contributed by atoms with Crippen LogP contribution < -0.4 is 15.4 Å². The van der Waals surface area contributed by atoms with Gasteiger partial charge in [0, 0.05) is 11.7 Å². The summed E-state index contributed by atoms with van der Waals surface area (Å²) >= 11 is 0. The number of anilines is 1. The average Bonchev–Trinajstić information content (AvgIpc) is 3.40. The van der Waals surface area contributed by atoms with E-state index in [-0.39, 0.29) is 35.3 Å². The fraction of sp³-hybridized carbons (Fsp3) is 0.316. The quantitative estimate of drug-likeness (QED) is 0.848. The van der Waals surface area contributed by atoms with Crippen LogP contribution in [0.5, 0.6) is 5.75 Å². The standard InChI is InChI=1S/C19H21N3O3/c1-12(2)25-15-10-8-14(9-11-15)21-19(24)17-5-3-4-16(22-17)18(23)20-13-6-7-13/h3-5,8-13H,6-7H2,1-2H3,(H,20,23)(H,21,24). The lowest BCUT2D eigenvalue weighted by molar-refractivity contribution is 0.0946. The molecule has 1 heterocycles. The predicted octanol–water partition coefficient (Wildman–Crippen LogP) is 3.01. The Labute approximate surface area is 146 Å². The van der Waals surface area contributed by atoms with Crippen LogP contribution in [0, 0.1) is 0 Å². The van der Waals surface area contributed by atoms with Gasteiger partial charge in [-0.2, -0.15) is 0 Å². The molecule has 1 aliphatic rings. The van der Waals surface area contributed by atoms with E-state index in [9.17, 15) is 9.59 Å². The summed E-state index contributed by atoms with van der Waals surface area (Å²) in [5.74, 6) is 0.135. The maximum atomic E-state index is 12.3. The van der Waals surface area contributed by atoms with Crippen molar-refractivity contribution in [2.24, 2.45) is 0 Å². The minimum absolute atomic E-state index is 0.0918. The Hall–Kier alpha value is -2.89. The van der Waals surface area contributed by atoms with E-state index < -0.39 is 0 Å². The zero-order valence-corrected chi connectivity index (χ0v) is 14.3. The maximum absolute atomic E-state index is 12.3. The Morgan fingerprint density at radius 1 is 1.04 bits per heavy atom. The van der Waals surface area contributed by atoms with Crippen LogP contribution in [0.4, 0.5) is 5.69 Å². The summed E-state index contributed by atoms with van der Waals surface area (Å²) in [4.78, 5) is 28.5. The maximum Gasteiger partial charge on any atom is 0.274 e. The molecular weight excluding hydrogens is 318 g/mol. The number of nitrogens with zero attached hydrogens (tertiary/aromatic N) is 1. The number of nitrogens with one attached hydrogen (secondary N) is 2. The molecule has 0 saturated heterocycles. The van der Waals surface area contributed by atoms with E-state index in [0.717, 1.165) is 18.6 Å². The molecule has 1 fully saturated rings. The SMILES string of the molecule is CC(C)Oc1ccc(NC(=O)c2cccc(C(=O)NC3CC3)n2)cc1. The fourth-order valence-electron chi connectivity index (χ4n) is 2.26. The molecule has 1 aromatic carbocycles. The van der Waals surface area contributed by atoms with Crippen LogP contribution in [-0.4, -0.2) is 28.9 Å². The Morgan fingerprint density at radius 3 is 2.28 bits per heavy atom. The molecule has 2 N–H and O–H groups in total. The monoisotopic (exact) mass is 339 g/mol. The van der Waals surface area contributed by atoms with Gasteiger partial charge in [0.05, 0.1) is 6.10 Å². The van der Waals surface area contributed by atoms with E-state index in [2.05, 4.69) is 15.6 Å². The average molecular weight is 339 g/mol. The lowest BCUT2D eigenvalue weighted by atomic mass is 10.2. The Kier molecular flexibility index (Phi) is 4.97. The summed E-state index contributed by atoms with van der Waals surface area (Å²) in [6.07, 6.45) is 2.10. The number of ether oxygens (including phenoxy) is 1. The molecule has 0 atom stereocenters. The third-order valence-electron chi connectivity index (χ3n) is 3.61. The van der Waals surface area contributed by atoms with Gasteiger partial charge in [-0.3, -0.25) is 9.59 Å². The van der Waals surface area contributed by atoms with Crippen molar-refractivity contribution in [3.63, 3.8) is 0 Å². The van der Waals surface area contributed by atoms with Gasteiger partial charge in [-0.1, -0.05) is 6.07 Å². The van der Waals surface area contributed by atoms with Crippen molar-refractivity contribution >= 4 is 17.5 Å². The smallest absolute Gasteiger partial charge is 0.274 e. The molecule has 130 valence electrons. The number of carbonyl (C=O) groups excluding carboxylic acids is 2. The molecule has 1 saturated carbocycles. The number of rotatable bonds is 6. The lowest BCUT2D eigenvalue weighted by Gasteiger charge is -2.10. The largest absolute Gasteiger partial charge is 0.491 e. The van der Waals surface area contributed by atoms with Gasteiger partial charge in [0.25, 0.3) is 11.8 Å². The van der Waals surface area contributed by atoms with Gasteiger partial charge in [0.15, 0.2) is 0 Å². The van der Waals surface area contributed by atoms with Crippen molar-refractivity contribution in [2.45, 2.75) is 38.8 Å². The number of benzene rings is 1. The number of hydrogen-bond donors (Lipinski definition) is 2. The van der Waals surface area contributed by atoms with Crippen molar-refractivity contribution in [1.82, 2.24) is 10.3 Å². The van der Waals surface area contributed by atoms with Crippen LogP contribution in [0.1, 0.15) is 47.7 Å². The minimum Gasteiger partial charge on any atom is -0.491 e. The van der Waals surface area contributed by atoms with Gasteiger partial charge in [0.1, 0.15) is 17.1 Å². The van der Waals surface area contributed by atoms with Crippen molar-refractivity contribution in [2.75, 3.05) is 5.32 Å². The highest BCUT2D eigenvalue weighted by Gasteiger charge is 2.24. The molecule has 1 aliphatic carbocycles. The first kappa shape index (κ1) is 17.0. The molecule has 3 rings (SSSR count). The summed E-state index contributed by atoms with van der Waals surface area (Å²) in [5, 5.41) is 5.63. The van der Waals surface area contributed by atoms with Crippen molar-refractivity contribution in [1.29, 1.82) is 0 Å². The van der Waals surface area contributed by atoms with Gasteiger partial charge in [-0.15, -0.1) is 0 Å². The Balaban J connectivity index is 1.65. The Bertz CT molecular complexity index is 768. The first-order chi connectivity index (χ1) is 12.0. The molecule has 2 amide bonds. The van der Waals surface area contributed by atoms with E-state index in [0.29, 0.717) is 5.69 Å². The highest BCUT2D eigenvalue weighted by molar-refractivity contribution is 6.03. The summed E-state index contributed by atoms with van der Waals surface area (Å²) in [6, 6.07) is 12.2. The van der Waals surface area contributed by atoms with Crippen molar-refractivity contribution in [3.05, 3.63) is 53.9 Å². The second kappa shape index (κ2) is 7.34. The molecule has 2 aromatic rings. The zero-order valence-electron chi connectivity index (χ0n) is 14.3. The van der Waals surface area contributed by atoms with Crippen molar-refractivity contribution < 1.29 is 14.3 Å². The highest BCUT2D eigenvalue weighted by atomic mass is 16.5. The molecule has 25 heavy (non-hydrogen) atoms. The van der Waals surface area contributed by atoms with E-state index in [1.807, 2.05) is 13.8 Å². The molecule has 6 nitrogen and oxygen atoms in total.